The Morgan fingerprint density at radius 3 is 1.54 bits per heavy atom. The van der Waals surface area contributed by atoms with Crippen molar-refractivity contribution in [2.24, 2.45) is 21.8 Å². The van der Waals surface area contributed by atoms with Gasteiger partial charge in [-0.05, 0) is 41.0 Å². The summed E-state index contributed by atoms with van der Waals surface area (Å²) in [5, 5.41) is 0. The first-order valence-electron chi connectivity index (χ1n) is 9.72. The Kier molecular flexibility index (Phi) is 5.14. The molecule has 0 aromatic heterocycles. The third kappa shape index (κ3) is 3.94. The Morgan fingerprint density at radius 2 is 1.23 bits per heavy atom. The van der Waals surface area contributed by atoms with Gasteiger partial charge in [-0.1, -0.05) is 48.5 Å². The van der Waals surface area contributed by atoms with Crippen molar-refractivity contribution in [1.82, 2.24) is 0 Å². The third-order valence-electron chi connectivity index (χ3n) is 5.18. The van der Waals surface area contributed by atoms with E-state index in [1.54, 1.807) is 0 Å². The van der Waals surface area contributed by atoms with E-state index in [-0.39, 0.29) is 17.5 Å². The number of aliphatic imine (C=N–C) groups is 2. The van der Waals surface area contributed by atoms with Crippen LogP contribution in [0.25, 0.3) is 0 Å². The summed E-state index contributed by atoms with van der Waals surface area (Å²) < 4.78 is 11.9. The molecule has 4 nitrogen and oxygen atoms in total. The van der Waals surface area contributed by atoms with Crippen molar-refractivity contribution in [2.75, 3.05) is 13.2 Å². The van der Waals surface area contributed by atoms with Crippen molar-refractivity contribution >= 4 is 11.8 Å². The summed E-state index contributed by atoms with van der Waals surface area (Å²) in [6, 6.07) is 6.97. The van der Waals surface area contributed by atoms with Gasteiger partial charge >= 0.3 is 0 Å². The molecule has 0 spiro atoms. The second-order valence-electron chi connectivity index (χ2n) is 9.16. The number of nitrogens with zero attached hydrogens (tertiary/aromatic N) is 2. The smallest absolute Gasteiger partial charge is 0.216 e. The predicted molar refractivity (Wildman–Crippen MR) is 107 cm³/mol. The van der Waals surface area contributed by atoms with Gasteiger partial charge in [0.15, 0.2) is 0 Å². The normalized spacial score (nSPS) is 23.1. The highest BCUT2D eigenvalue weighted by molar-refractivity contribution is 6.01. The first kappa shape index (κ1) is 18.9. The van der Waals surface area contributed by atoms with E-state index < -0.39 is 0 Å². The zero-order valence-corrected chi connectivity index (χ0v) is 17.2. The standard InChI is InChI=1S/C22H32N2O2/c1-13(2)18-11-25-20(23-18)15-8-16(10-17(9-15)22(5,6)7)21-24-19(12-26-21)14(3)4/h8-10,13-14,18-19H,11-12H2,1-7H3. The van der Waals surface area contributed by atoms with Crippen LogP contribution in [0.15, 0.2) is 28.2 Å². The molecule has 2 unspecified atom stereocenters. The fraction of sp³-hybridized carbons (Fsp3) is 0.636. The van der Waals surface area contributed by atoms with Crippen LogP contribution < -0.4 is 0 Å². The van der Waals surface area contributed by atoms with Gasteiger partial charge in [0.05, 0.1) is 12.1 Å². The fourth-order valence-electron chi connectivity index (χ4n) is 3.09. The summed E-state index contributed by atoms with van der Waals surface area (Å²) in [7, 11) is 0. The highest BCUT2D eigenvalue weighted by Gasteiger charge is 2.27. The molecule has 0 fully saturated rings. The van der Waals surface area contributed by atoms with Crippen LogP contribution in [0.4, 0.5) is 0 Å². The molecule has 2 heterocycles. The Labute approximate surface area is 157 Å². The lowest BCUT2D eigenvalue weighted by Crippen LogP contribution is -2.15. The average molecular weight is 357 g/mol. The maximum Gasteiger partial charge on any atom is 0.216 e. The van der Waals surface area contributed by atoms with Gasteiger partial charge in [0, 0.05) is 11.1 Å². The molecule has 2 atom stereocenters. The molecule has 0 bridgehead atoms. The van der Waals surface area contributed by atoms with E-state index in [4.69, 9.17) is 19.5 Å². The summed E-state index contributed by atoms with van der Waals surface area (Å²) in [5.74, 6) is 2.45. The Morgan fingerprint density at radius 1 is 0.808 bits per heavy atom. The maximum atomic E-state index is 5.93. The lowest BCUT2D eigenvalue weighted by molar-refractivity contribution is 0.291. The molecule has 0 saturated heterocycles. The molecule has 0 radical (unpaired) electrons. The van der Waals surface area contributed by atoms with Gasteiger partial charge in [0.2, 0.25) is 11.8 Å². The zero-order chi connectivity index (χ0) is 19.1. The zero-order valence-electron chi connectivity index (χ0n) is 17.2. The lowest BCUT2D eigenvalue weighted by atomic mass is 9.85. The first-order chi connectivity index (χ1) is 12.1. The molecule has 0 amide bonds. The van der Waals surface area contributed by atoms with Crippen LogP contribution in [0, 0.1) is 11.8 Å². The van der Waals surface area contributed by atoms with Gasteiger partial charge in [-0.15, -0.1) is 0 Å². The molecule has 0 N–H and O–H groups in total. The Hall–Kier alpha value is -1.84. The van der Waals surface area contributed by atoms with Crippen LogP contribution in [-0.4, -0.2) is 37.1 Å². The first-order valence-corrected chi connectivity index (χ1v) is 9.72. The lowest BCUT2D eigenvalue weighted by Gasteiger charge is -2.21. The second-order valence-corrected chi connectivity index (χ2v) is 9.16. The van der Waals surface area contributed by atoms with Crippen molar-refractivity contribution in [3.63, 3.8) is 0 Å². The molecule has 2 aliphatic heterocycles. The molecule has 3 rings (SSSR count). The summed E-state index contributed by atoms with van der Waals surface area (Å²) in [5.41, 5.74) is 3.31. The monoisotopic (exact) mass is 356 g/mol. The van der Waals surface area contributed by atoms with E-state index in [1.165, 1.54) is 5.56 Å². The minimum absolute atomic E-state index is 0.0258. The maximum absolute atomic E-state index is 5.93. The van der Waals surface area contributed by atoms with Crippen LogP contribution in [0.1, 0.15) is 65.2 Å². The van der Waals surface area contributed by atoms with E-state index >= 15 is 0 Å². The average Bonchev–Trinajstić information content (AvgIpc) is 3.23. The number of hydrogen-bond acceptors (Lipinski definition) is 4. The van der Waals surface area contributed by atoms with Crippen LogP contribution in [-0.2, 0) is 14.9 Å². The number of ether oxygens (including phenoxy) is 2. The van der Waals surface area contributed by atoms with E-state index in [2.05, 4.69) is 66.7 Å². The van der Waals surface area contributed by atoms with Crippen molar-refractivity contribution < 1.29 is 9.47 Å². The van der Waals surface area contributed by atoms with E-state index in [1.807, 2.05) is 0 Å². The SMILES string of the molecule is CC(C)C1COC(c2cc(C3=NC(C(C)C)CO3)cc(C(C)(C)C)c2)=N1. The van der Waals surface area contributed by atoms with Crippen LogP contribution in [0.3, 0.4) is 0 Å². The van der Waals surface area contributed by atoms with E-state index in [0.717, 1.165) is 22.9 Å². The number of rotatable bonds is 4. The van der Waals surface area contributed by atoms with E-state index in [0.29, 0.717) is 25.0 Å². The number of benzene rings is 1. The number of hydrogen-bond donors (Lipinski definition) is 0. The van der Waals surface area contributed by atoms with Gasteiger partial charge in [0.1, 0.15) is 13.2 Å². The minimum atomic E-state index is 0.0258. The van der Waals surface area contributed by atoms with Gasteiger partial charge in [0.25, 0.3) is 0 Å². The van der Waals surface area contributed by atoms with Crippen LogP contribution in [0.2, 0.25) is 0 Å². The summed E-state index contributed by atoms with van der Waals surface area (Å²) in [6.45, 7) is 16.7. The van der Waals surface area contributed by atoms with Crippen LogP contribution >= 0.6 is 0 Å². The molecular formula is C22H32N2O2. The van der Waals surface area contributed by atoms with Crippen molar-refractivity contribution in [3.8, 4) is 0 Å². The molecule has 4 heteroatoms. The summed E-state index contributed by atoms with van der Waals surface area (Å²) in [6.07, 6.45) is 0. The van der Waals surface area contributed by atoms with Crippen molar-refractivity contribution in [3.05, 3.63) is 34.9 Å². The quantitative estimate of drug-likeness (QED) is 0.792. The van der Waals surface area contributed by atoms with Crippen molar-refractivity contribution in [1.29, 1.82) is 0 Å². The van der Waals surface area contributed by atoms with E-state index in [9.17, 15) is 0 Å². The molecule has 1 aromatic carbocycles. The van der Waals surface area contributed by atoms with Gasteiger partial charge in [-0.3, -0.25) is 0 Å². The molecule has 2 aliphatic rings. The van der Waals surface area contributed by atoms with Crippen molar-refractivity contribution in [2.45, 2.75) is 66.0 Å². The summed E-state index contributed by atoms with van der Waals surface area (Å²) >= 11 is 0. The molecular weight excluding hydrogens is 324 g/mol. The third-order valence-corrected chi connectivity index (χ3v) is 5.18. The Bertz CT molecular complexity index is 674. The molecule has 26 heavy (non-hydrogen) atoms. The second kappa shape index (κ2) is 7.05. The molecule has 142 valence electrons. The minimum Gasteiger partial charge on any atom is -0.475 e. The fourth-order valence-corrected chi connectivity index (χ4v) is 3.09. The van der Waals surface area contributed by atoms with Gasteiger partial charge in [-0.25, -0.2) is 9.98 Å². The molecule has 0 aliphatic carbocycles. The largest absolute Gasteiger partial charge is 0.475 e. The van der Waals surface area contributed by atoms with Crippen LogP contribution in [0.5, 0.6) is 0 Å². The van der Waals surface area contributed by atoms with Gasteiger partial charge < -0.3 is 9.47 Å². The topological polar surface area (TPSA) is 43.2 Å². The molecule has 0 saturated carbocycles. The molecule has 1 aromatic rings. The summed E-state index contributed by atoms with van der Waals surface area (Å²) in [4.78, 5) is 9.61. The predicted octanol–water partition coefficient (Wildman–Crippen LogP) is 4.59. The highest BCUT2D eigenvalue weighted by Crippen LogP contribution is 2.28. The van der Waals surface area contributed by atoms with Gasteiger partial charge in [-0.2, -0.15) is 0 Å². The Balaban J connectivity index is 2.01. The highest BCUT2D eigenvalue weighted by atomic mass is 16.5.